The number of esters is 1. The van der Waals surface area contributed by atoms with E-state index in [2.05, 4.69) is 6.58 Å². The highest BCUT2D eigenvalue weighted by Gasteiger charge is 2.09. The second-order valence-corrected chi connectivity index (χ2v) is 3.49. The summed E-state index contributed by atoms with van der Waals surface area (Å²) in [5, 5.41) is 0. The van der Waals surface area contributed by atoms with Gasteiger partial charge < -0.3 is 15.2 Å². The fourth-order valence-electron chi connectivity index (χ4n) is 1.38. The summed E-state index contributed by atoms with van der Waals surface area (Å²) in [6, 6.07) is 5.41. The minimum Gasteiger partial charge on any atom is -0.493 e. The average molecular weight is 235 g/mol. The fourth-order valence-corrected chi connectivity index (χ4v) is 1.38. The zero-order valence-electron chi connectivity index (χ0n) is 9.94. The molecule has 0 radical (unpaired) electrons. The van der Waals surface area contributed by atoms with E-state index in [0.29, 0.717) is 11.5 Å². The van der Waals surface area contributed by atoms with E-state index in [1.54, 1.807) is 12.1 Å². The van der Waals surface area contributed by atoms with Gasteiger partial charge in [0.25, 0.3) is 0 Å². The van der Waals surface area contributed by atoms with Gasteiger partial charge in [-0.3, -0.25) is 4.79 Å². The fraction of sp³-hybridized carbons (Fsp3) is 0.308. The molecule has 0 amide bonds. The Hall–Kier alpha value is -1.81. The van der Waals surface area contributed by atoms with Crippen molar-refractivity contribution in [3.05, 3.63) is 36.4 Å². The highest BCUT2D eigenvalue weighted by Crippen LogP contribution is 2.28. The Labute approximate surface area is 101 Å². The Morgan fingerprint density at radius 1 is 1.47 bits per heavy atom. The summed E-state index contributed by atoms with van der Waals surface area (Å²) < 4.78 is 10.3. The van der Waals surface area contributed by atoms with Gasteiger partial charge in [0, 0.05) is 6.54 Å². The van der Waals surface area contributed by atoms with Gasteiger partial charge in [0.05, 0.1) is 13.5 Å². The maximum absolute atomic E-state index is 11.3. The number of allylic oxidation sites excluding steroid dienone is 1. The molecule has 1 aromatic carbocycles. The Morgan fingerprint density at radius 2 is 2.24 bits per heavy atom. The minimum absolute atomic E-state index is 0.192. The number of hydrogen-bond acceptors (Lipinski definition) is 4. The van der Waals surface area contributed by atoms with Crippen molar-refractivity contribution in [2.45, 2.75) is 12.8 Å². The average Bonchev–Trinajstić information content (AvgIpc) is 2.31. The van der Waals surface area contributed by atoms with Crippen molar-refractivity contribution in [3.8, 4) is 11.5 Å². The molecule has 0 unspecified atom stereocenters. The Bertz CT molecular complexity index is 402. The summed E-state index contributed by atoms with van der Waals surface area (Å²) >= 11 is 0. The molecule has 4 heteroatoms. The quantitative estimate of drug-likeness (QED) is 0.463. The van der Waals surface area contributed by atoms with Crippen molar-refractivity contribution in [1.29, 1.82) is 0 Å². The van der Waals surface area contributed by atoms with Crippen molar-refractivity contribution in [2.24, 2.45) is 5.73 Å². The smallest absolute Gasteiger partial charge is 0.312 e. The van der Waals surface area contributed by atoms with Crippen LogP contribution in [0.25, 0.3) is 0 Å². The first-order chi connectivity index (χ1) is 8.21. The highest BCUT2D eigenvalue weighted by atomic mass is 16.6. The topological polar surface area (TPSA) is 61.5 Å². The van der Waals surface area contributed by atoms with Gasteiger partial charge >= 0.3 is 5.97 Å². The highest BCUT2D eigenvalue weighted by molar-refractivity contribution is 5.73. The molecule has 92 valence electrons. The molecule has 0 fully saturated rings. The molecule has 0 aliphatic carbocycles. The summed E-state index contributed by atoms with van der Waals surface area (Å²) in [6.07, 6.45) is 2.74. The number of hydrogen-bond donors (Lipinski definition) is 1. The molecule has 0 spiro atoms. The van der Waals surface area contributed by atoms with Crippen molar-refractivity contribution in [1.82, 2.24) is 0 Å². The molecule has 0 atom stereocenters. The third-order valence-corrected chi connectivity index (χ3v) is 2.18. The summed E-state index contributed by atoms with van der Waals surface area (Å²) in [7, 11) is 1.54. The summed E-state index contributed by atoms with van der Waals surface area (Å²) in [5.74, 6) is 0.593. The van der Waals surface area contributed by atoms with Gasteiger partial charge in [0.2, 0.25) is 0 Å². The van der Waals surface area contributed by atoms with Crippen molar-refractivity contribution in [2.75, 3.05) is 13.7 Å². The number of nitrogens with two attached hydrogens (primary N) is 1. The van der Waals surface area contributed by atoms with Crippen LogP contribution in [0.15, 0.2) is 30.9 Å². The number of carbonyl (C=O) groups excluding carboxylic acids is 1. The summed E-state index contributed by atoms with van der Waals surface area (Å²) in [6.45, 7) is 3.94. The second kappa shape index (κ2) is 6.70. The van der Waals surface area contributed by atoms with Crippen LogP contribution in [0.5, 0.6) is 11.5 Å². The number of benzene rings is 1. The van der Waals surface area contributed by atoms with Crippen molar-refractivity contribution in [3.63, 3.8) is 0 Å². The number of carbonyl (C=O) groups is 1. The van der Waals surface area contributed by atoms with Crippen molar-refractivity contribution < 1.29 is 14.3 Å². The first kappa shape index (κ1) is 13.3. The lowest BCUT2D eigenvalue weighted by Gasteiger charge is -2.10. The van der Waals surface area contributed by atoms with Gasteiger partial charge in [-0.1, -0.05) is 12.1 Å². The van der Waals surface area contributed by atoms with Crippen LogP contribution in [0.4, 0.5) is 0 Å². The monoisotopic (exact) mass is 235 g/mol. The van der Waals surface area contributed by atoms with Gasteiger partial charge in [0.1, 0.15) is 0 Å². The van der Waals surface area contributed by atoms with E-state index in [1.807, 2.05) is 12.1 Å². The third-order valence-electron chi connectivity index (χ3n) is 2.18. The molecule has 0 aliphatic rings. The van der Waals surface area contributed by atoms with E-state index >= 15 is 0 Å². The first-order valence-corrected chi connectivity index (χ1v) is 5.39. The molecule has 1 aromatic rings. The normalized spacial score (nSPS) is 9.76. The molecule has 4 nitrogen and oxygen atoms in total. The van der Waals surface area contributed by atoms with Crippen LogP contribution < -0.4 is 15.2 Å². The van der Waals surface area contributed by atoms with Crippen LogP contribution in [0.2, 0.25) is 0 Å². The lowest BCUT2D eigenvalue weighted by Crippen LogP contribution is -2.14. The molecule has 0 heterocycles. The Balaban J connectivity index is 2.84. The molecule has 17 heavy (non-hydrogen) atoms. The molecule has 0 bridgehead atoms. The molecular weight excluding hydrogens is 218 g/mol. The van der Waals surface area contributed by atoms with E-state index in [-0.39, 0.29) is 18.9 Å². The molecule has 0 aliphatic heterocycles. The SMILES string of the molecule is C=CCc1ccc(OC(=O)CCN)c(OC)c1. The van der Waals surface area contributed by atoms with E-state index in [4.69, 9.17) is 15.2 Å². The van der Waals surface area contributed by atoms with Gasteiger partial charge in [-0.05, 0) is 24.1 Å². The largest absolute Gasteiger partial charge is 0.493 e. The lowest BCUT2D eigenvalue weighted by molar-refractivity contribution is -0.134. The van der Waals surface area contributed by atoms with Crippen LogP contribution in [0, 0.1) is 0 Å². The van der Waals surface area contributed by atoms with Gasteiger partial charge in [0.15, 0.2) is 11.5 Å². The van der Waals surface area contributed by atoms with Crippen LogP contribution in [0.1, 0.15) is 12.0 Å². The molecule has 0 aromatic heterocycles. The molecule has 2 N–H and O–H groups in total. The number of methoxy groups -OCH3 is 1. The summed E-state index contributed by atoms with van der Waals surface area (Å²) in [5.41, 5.74) is 6.33. The Kier molecular flexibility index (Phi) is 5.23. The number of ether oxygens (including phenoxy) is 2. The van der Waals surface area contributed by atoms with Crippen LogP contribution in [-0.4, -0.2) is 19.6 Å². The lowest BCUT2D eigenvalue weighted by atomic mass is 10.1. The molecule has 0 saturated carbocycles. The molecule has 1 rings (SSSR count). The zero-order valence-corrected chi connectivity index (χ0v) is 9.94. The molecular formula is C13H17NO3. The maximum atomic E-state index is 11.3. The molecule has 0 saturated heterocycles. The van der Waals surface area contributed by atoms with E-state index in [9.17, 15) is 4.79 Å². The van der Waals surface area contributed by atoms with Crippen LogP contribution in [0.3, 0.4) is 0 Å². The van der Waals surface area contributed by atoms with Gasteiger partial charge in [-0.2, -0.15) is 0 Å². The maximum Gasteiger partial charge on any atom is 0.312 e. The van der Waals surface area contributed by atoms with E-state index < -0.39 is 0 Å². The predicted molar refractivity (Wildman–Crippen MR) is 66.2 cm³/mol. The number of rotatable bonds is 6. The summed E-state index contributed by atoms with van der Waals surface area (Å²) in [4.78, 5) is 11.3. The van der Waals surface area contributed by atoms with Gasteiger partial charge in [-0.15, -0.1) is 6.58 Å². The first-order valence-electron chi connectivity index (χ1n) is 5.39. The third kappa shape index (κ3) is 3.92. The standard InChI is InChI=1S/C13H17NO3/c1-3-4-10-5-6-11(12(9-10)16-2)17-13(15)7-8-14/h3,5-6,9H,1,4,7-8,14H2,2H3. The zero-order chi connectivity index (χ0) is 12.7. The van der Waals surface area contributed by atoms with E-state index in [1.165, 1.54) is 7.11 Å². The van der Waals surface area contributed by atoms with E-state index in [0.717, 1.165) is 12.0 Å². The van der Waals surface area contributed by atoms with Crippen LogP contribution >= 0.6 is 0 Å². The Morgan fingerprint density at radius 3 is 2.82 bits per heavy atom. The van der Waals surface area contributed by atoms with Crippen molar-refractivity contribution >= 4 is 5.97 Å². The van der Waals surface area contributed by atoms with Crippen LogP contribution in [-0.2, 0) is 11.2 Å². The predicted octanol–water partition coefficient (Wildman–Crippen LogP) is 1.68. The minimum atomic E-state index is -0.359. The second-order valence-electron chi connectivity index (χ2n) is 3.49. The van der Waals surface area contributed by atoms with Gasteiger partial charge in [-0.25, -0.2) is 0 Å².